The Hall–Kier alpha value is -1.92. The third kappa shape index (κ3) is 10.3. The molecule has 2 aromatic carbocycles. The number of carbonyl (C=O) groups is 1. The van der Waals surface area contributed by atoms with Crippen LogP contribution in [0.2, 0.25) is 0 Å². The zero-order valence-corrected chi connectivity index (χ0v) is 22.6. The number of benzene rings is 2. The van der Waals surface area contributed by atoms with Crippen LogP contribution in [0.5, 0.6) is 0 Å². The Morgan fingerprint density at radius 3 is 2.29 bits per heavy atom. The van der Waals surface area contributed by atoms with Crippen molar-refractivity contribution in [3.63, 3.8) is 0 Å². The van der Waals surface area contributed by atoms with Crippen molar-refractivity contribution in [3.05, 3.63) is 65.7 Å². The van der Waals surface area contributed by atoms with Gasteiger partial charge >= 0.3 is 0 Å². The second-order valence-corrected chi connectivity index (χ2v) is 11.1. The minimum Gasteiger partial charge on any atom is -0.356 e. The number of hydrogen-bond donors (Lipinski definition) is 1. The average molecular weight is 505 g/mol. The quantitative estimate of drug-likeness (QED) is 0.265. The number of halogens is 2. The van der Waals surface area contributed by atoms with E-state index in [2.05, 4.69) is 49.4 Å². The van der Waals surface area contributed by atoms with Gasteiger partial charge in [-0.15, -0.1) is 0 Å². The van der Waals surface area contributed by atoms with Gasteiger partial charge in [-0.25, -0.2) is 13.1 Å². The Bertz CT molecular complexity index is 886. The number of nitrogens with one attached hydrogen (secondary N) is 1. The molecule has 0 atom stereocenters. The lowest BCUT2D eigenvalue weighted by molar-refractivity contribution is -0.133. The third-order valence-corrected chi connectivity index (χ3v) is 7.53. The molecule has 3 rings (SSSR count). The first-order valence-corrected chi connectivity index (χ1v) is 13.7. The first-order chi connectivity index (χ1) is 16.8. The molecule has 1 amide bonds. The number of rotatable bonds is 10. The van der Waals surface area contributed by atoms with Crippen LogP contribution in [-0.2, 0) is 4.79 Å². The maximum atomic E-state index is 13.5. The van der Waals surface area contributed by atoms with E-state index in [4.69, 9.17) is 0 Å². The van der Waals surface area contributed by atoms with E-state index in [1.54, 1.807) is 6.07 Å². The largest absolute Gasteiger partial charge is 0.356 e. The summed E-state index contributed by atoms with van der Waals surface area (Å²) in [5.41, 5.74) is 1.15. The average Bonchev–Trinajstić information content (AvgIpc) is 2.85. The van der Waals surface area contributed by atoms with Gasteiger partial charge in [0.15, 0.2) is 11.6 Å². The van der Waals surface area contributed by atoms with Crippen LogP contribution < -0.4 is 5.32 Å². The second-order valence-electron chi connectivity index (χ2n) is 9.91. The molecule has 0 saturated heterocycles. The van der Waals surface area contributed by atoms with E-state index in [0.717, 1.165) is 51.6 Å². The lowest BCUT2D eigenvalue weighted by Gasteiger charge is -2.35. The summed E-state index contributed by atoms with van der Waals surface area (Å²) in [4.78, 5) is 13.4. The molecule has 1 saturated carbocycles. The van der Waals surface area contributed by atoms with Gasteiger partial charge in [-0.2, -0.15) is 0 Å². The summed E-state index contributed by atoms with van der Waals surface area (Å²) in [5, 5.41) is 3.15. The summed E-state index contributed by atoms with van der Waals surface area (Å²) in [5.74, 6) is -0.981. The van der Waals surface area contributed by atoms with Crippen LogP contribution in [-0.4, -0.2) is 29.8 Å². The molecule has 1 aliphatic rings. The number of carbonyl (C=O) groups excluding carboxylic acids is 1. The smallest absolute Gasteiger partial charge is 0.226 e. The van der Waals surface area contributed by atoms with Crippen LogP contribution in [0.3, 0.4) is 0 Å². The molecule has 1 aliphatic carbocycles. The highest BCUT2D eigenvalue weighted by Crippen LogP contribution is 2.39. The summed E-state index contributed by atoms with van der Waals surface area (Å²) >= 11 is 1.44. The van der Waals surface area contributed by atoms with Crippen molar-refractivity contribution in [1.82, 2.24) is 9.62 Å². The Morgan fingerprint density at radius 1 is 1.06 bits per heavy atom. The molecule has 0 aromatic heterocycles. The molecule has 0 heterocycles. The molecule has 6 heteroatoms. The fourth-order valence-electron chi connectivity index (χ4n) is 4.41. The van der Waals surface area contributed by atoms with Crippen molar-refractivity contribution in [3.8, 4) is 0 Å². The van der Waals surface area contributed by atoms with Crippen molar-refractivity contribution >= 4 is 17.9 Å². The lowest BCUT2D eigenvalue weighted by Crippen LogP contribution is -2.42. The predicted octanol–water partition coefficient (Wildman–Crippen LogP) is 7.79. The SMILES string of the molecule is CCC1(C(=O)NCCCN(CC(C)C)Sc2ccc(F)c(F)c2)CCCCC1.Cc1ccccc1. The molecule has 3 nitrogen and oxygen atoms in total. The molecule has 1 N–H and O–H groups in total. The number of nitrogens with zero attached hydrogens (tertiary/aromatic N) is 1. The van der Waals surface area contributed by atoms with Crippen LogP contribution >= 0.6 is 11.9 Å². The van der Waals surface area contributed by atoms with E-state index in [0.29, 0.717) is 17.4 Å². The van der Waals surface area contributed by atoms with Crippen LogP contribution in [0, 0.1) is 29.9 Å². The molecule has 0 spiro atoms. The van der Waals surface area contributed by atoms with Gasteiger partial charge in [0, 0.05) is 29.9 Å². The Kier molecular flexibility index (Phi) is 12.8. The second kappa shape index (κ2) is 15.2. The first-order valence-electron chi connectivity index (χ1n) is 12.9. The summed E-state index contributed by atoms with van der Waals surface area (Å²) in [7, 11) is 0. The van der Waals surface area contributed by atoms with E-state index >= 15 is 0 Å². The highest BCUT2D eigenvalue weighted by atomic mass is 32.2. The van der Waals surface area contributed by atoms with Crippen molar-refractivity contribution in [1.29, 1.82) is 0 Å². The Labute approximate surface area is 215 Å². The predicted molar refractivity (Wildman–Crippen MR) is 143 cm³/mol. The zero-order valence-electron chi connectivity index (χ0n) is 21.8. The minimum absolute atomic E-state index is 0.170. The standard InChI is InChI=1S/C22H34F2N2OS.C7H8/c1-4-22(11-6-5-7-12-22)21(27)25-13-8-14-26(16-17(2)3)28-18-9-10-19(23)20(24)15-18;1-7-5-3-2-4-6-7/h9-10,15,17H,4-8,11-14,16H2,1-3H3,(H,25,27);2-6H,1H3. The topological polar surface area (TPSA) is 32.3 Å². The van der Waals surface area contributed by atoms with Crippen molar-refractivity contribution in [2.75, 3.05) is 19.6 Å². The molecule has 0 bridgehead atoms. The van der Waals surface area contributed by atoms with Crippen LogP contribution in [0.25, 0.3) is 0 Å². The van der Waals surface area contributed by atoms with Gasteiger partial charge in [-0.3, -0.25) is 4.79 Å². The first kappa shape index (κ1) is 29.3. The normalized spacial score (nSPS) is 15.0. The monoisotopic (exact) mass is 504 g/mol. The van der Waals surface area contributed by atoms with E-state index in [1.807, 2.05) is 18.2 Å². The summed E-state index contributed by atoms with van der Waals surface area (Å²) in [6.07, 6.45) is 7.27. The molecule has 194 valence electrons. The van der Waals surface area contributed by atoms with Gasteiger partial charge in [0.1, 0.15) is 0 Å². The van der Waals surface area contributed by atoms with E-state index < -0.39 is 11.6 Å². The van der Waals surface area contributed by atoms with Crippen LogP contribution in [0.1, 0.15) is 71.3 Å². The van der Waals surface area contributed by atoms with Gasteiger partial charge in [0.05, 0.1) is 0 Å². The third-order valence-electron chi connectivity index (χ3n) is 6.47. The Morgan fingerprint density at radius 2 is 1.74 bits per heavy atom. The molecule has 1 fully saturated rings. The lowest BCUT2D eigenvalue weighted by atomic mass is 9.71. The molecule has 2 aromatic rings. The summed E-state index contributed by atoms with van der Waals surface area (Å²) < 4.78 is 28.8. The van der Waals surface area contributed by atoms with Gasteiger partial charge < -0.3 is 5.32 Å². The summed E-state index contributed by atoms with van der Waals surface area (Å²) in [6.45, 7) is 10.7. The zero-order chi connectivity index (χ0) is 25.7. The Balaban J connectivity index is 0.000000527. The molecule has 0 unspecified atom stereocenters. The maximum absolute atomic E-state index is 13.5. The van der Waals surface area contributed by atoms with Crippen molar-refractivity contribution in [2.45, 2.75) is 77.5 Å². The van der Waals surface area contributed by atoms with E-state index in [9.17, 15) is 13.6 Å². The molecule has 0 aliphatic heterocycles. The van der Waals surface area contributed by atoms with Gasteiger partial charge in [-0.1, -0.05) is 75.9 Å². The number of hydrogen-bond acceptors (Lipinski definition) is 3. The molecule has 35 heavy (non-hydrogen) atoms. The van der Waals surface area contributed by atoms with Gasteiger partial charge in [0.2, 0.25) is 5.91 Å². The summed E-state index contributed by atoms with van der Waals surface area (Å²) in [6, 6.07) is 14.3. The van der Waals surface area contributed by atoms with E-state index in [-0.39, 0.29) is 11.3 Å². The minimum atomic E-state index is -0.824. The highest BCUT2D eigenvalue weighted by molar-refractivity contribution is 7.97. The fourth-order valence-corrected chi connectivity index (χ4v) is 5.59. The van der Waals surface area contributed by atoms with Crippen molar-refractivity contribution < 1.29 is 13.6 Å². The highest BCUT2D eigenvalue weighted by Gasteiger charge is 2.37. The van der Waals surface area contributed by atoms with Crippen LogP contribution in [0.4, 0.5) is 8.78 Å². The molecular formula is C29H42F2N2OS. The van der Waals surface area contributed by atoms with Gasteiger partial charge in [-0.05, 0) is 68.7 Å². The van der Waals surface area contributed by atoms with E-state index in [1.165, 1.54) is 36.1 Å². The van der Waals surface area contributed by atoms with Crippen LogP contribution in [0.15, 0.2) is 53.4 Å². The number of aryl methyl sites for hydroxylation is 1. The van der Waals surface area contributed by atoms with Crippen molar-refractivity contribution in [2.24, 2.45) is 11.3 Å². The maximum Gasteiger partial charge on any atom is 0.226 e. The van der Waals surface area contributed by atoms with Gasteiger partial charge in [0.25, 0.3) is 0 Å². The molecule has 0 radical (unpaired) electrons. The molecular weight excluding hydrogens is 462 g/mol. The number of amides is 1. The fraction of sp³-hybridized carbons (Fsp3) is 0.552.